The molecule has 1 aromatic heterocycles. The van der Waals surface area contributed by atoms with Gasteiger partial charge in [0.05, 0.1) is 16.9 Å². The van der Waals surface area contributed by atoms with E-state index in [1.165, 1.54) is 0 Å². The Bertz CT molecular complexity index is 1110. The van der Waals surface area contributed by atoms with Gasteiger partial charge in [-0.15, -0.1) is 0 Å². The summed E-state index contributed by atoms with van der Waals surface area (Å²) in [6, 6.07) is 12.0. The van der Waals surface area contributed by atoms with E-state index in [9.17, 15) is 13.5 Å². The lowest BCUT2D eigenvalue weighted by atomic mass is 9.85. The second kappa shape index (κ2) is 9.36. The second-order valence-corrected chi connectivity index (χ2v) is 12.0. The van der Waals surface area contributed by atoms with Crippen LogP contribution in [0.15, 0.2) is 47.6 Å². The first-order valence-corrected chi connectivity index (χ1v) is 13.9. The summed E-state index contributed by atoms with van der Waals surface area (Å²) in [5.41, 5.74) is 1.03. The van der Waals surface area contributed by atoms with Crippen molar-refractivity contribution in [1.29, 1.82) is 0 Å². The van der Waals surface area contributed by atoms with Gasteiger partial charge in [0.15, 0.2) is 0 Å². The molecule has 34 heavy (non-hydrogen) atoms. The number of aliphatic hydroxyl groups is 1. The monoisotopic (exact) mass is 485 g/mol. The van der Waals surface area contributed by atoms with Gasteiger partial charge in [-0.05, 0) is 56.1 Å². The standard InChI is InChI=1S/C25H35N5O3S/c1-29(24-22-11-14-26-23(22)27-18-28-24)21-9-7-19(8-10-21)17-34(32,33)30-15-12-25(31,13-16-30)20-5-3-2-4-6-20/h2-6,11,14,19,21,26-27,31H,7-10,12-13,15-18H2,1H3. The highest BCUT2D eigenvalue weighted by Gasteiger charge is 2.39. The molecule has 1 saturated heterocycles. The summed E-state index contributed by atoms with van der Waals surface area (Å²) in [6.45, 7) is 1.31. The fourth-order valence-electron chi connectivity index (χ4n) is 5.73. The van der Waals surface area contributed by atoms with Crippen molar-refractivity contribution in [3.63, 3.8) is 0 Å². The van der Waals surface area contributed by atoms with Crippen LogP contribution in [-0.2, 0) is 15.6 Å². The van der Waals surface area contributed by atoms with Crippen molar-refractivity contribution in [3.05, 3.63) is 53.7 Å². The molecule has 2 aliphatic heterocycles. The van der Waals surface area contributed by atoms with Crippen LogP contribution >= 0.6 is 0 Å². The molecule has 2 aromatic rings. The predicted octanol–water partition coefficient (Wildman–Crippen LogP) is 2.95. The van der Waals surface area contributed by atoms with Gasteiger partial charge in [-0.1, -0.05) is 30.3 Å². The Morgan fingerprint density at radius 2 is 1.82 bits per heavy atom. The number of amidine groups is 1. The Hall–Kier alpha value is -2.36. The van der Waals surface area contributed by atoms with Crippen LogP contribution in [-0.4, -0.2) is 72.1 Å². The van der Waals surface area contributed by atoms with Crippen LogP contribution in [0, 0.1) is 5.92 Å². The Morgan fingerprint density at radius 1 is 1.12 bits per heavy atom. The van der Waals surface area contributed by atoms with Crippen molar-refractivity contribution in [2.24, 2.45) is 10.9 Å². The molecule has 5 rings (SSSR count). The van der Waals surface area contributed by atoms with Crippen LogP contribution in [0.3, 0.4) is 0 Å². The van der Waals surface area contributed by atoms with Crippen LogP contribution < -0.4 is 5.32 Å². The Labute approximate surface area is 202 Å². The van der Waals surface area contributed by atoms with E-state index in [1.807, 2.05) is 42.6 Å². The van der Waals surface area contributed by atoms with E-state index in [2.05, 4.69) is 27.2 Å². The lowest BCUT2D eigenvalue weighted by Crippen LogP contribution is -2.47. The summed E-state index contributed by atoms with van der Waals surface area (Å²) < 4.78 is 27.9. The first-order valence-electron chi connectivity index (χ1n) is 12.3. The maximum absolute atomic E-state index is 13.2. The number of aromatic amines is 1. The number of aromatic nitrogens is 1. The molecule has 0 atom stereocenters. The maximum atomic E-state index is 13.2. The van der Waals surface area contributed by atoms with Crippen molar-refractivity contribution < 1.29 is 13.5 Å². The predicted molar refractivity (Wildman–Crippen MR) is 134 cm³/mol. The van der Waals surface area contributed by atoms with Crippen LogP contribution in [0.5, 0.6) is 0 Å². The van der Waals surface area contributed by atoms with Gasteiger partial charge in [-0.25, -0.2) is 17.7 Å². The number of aliphatic imine (C=N–C) groups is 1. The third kappa shape index (κ3) is 4.61. The number of hydrogen-bond acceptors (Lipinski definition) is 6. The molecule has 0 spiro atoms. The van der Waals surface area contributed by atoms with Gasteiger partial charge in [0.2, 0.25) is 10.0 Å². The minimum Gasteiger partial charge on any atom is -0.385 e. The first-order chi connectivity index (χ1) is 16.4. The zero-order valence-electron chi connectivity index (χ0n) is 19.8. The van der Waals surface area contributed by atoms with E-state index in [-0.39, 0.29) is 11.7 Å². The molecule has 184 valence electrons. The Balaban J connectivity index is 1.14. The normalized spacial score (nSPS) is 25.2. The molecule has 1 aromatic carbocycles. The summed E-state index contributed by atoms with van der Waals surface area (Å²) in [5, 5.41) is 14.3. The van der Waals surface area contributed by atoms with E-state index in [1.54, 1.807) is 4.31 Å². The number of piperidine rings is 1. The topological polar surface area (TPSA) is 101 Å². The molecule has 1 aliphatic carbocycles. The second-order valence-electron chi connectivity index (χ2n) is 9.94. The van der Waals surface area contributed by atoms with E-state index in [0.717, 1.165) is 48.5 Å². The van der Waals surface area contributed by atoms with E-state index < -0.39 is 15.6 Å². The van der Waals surface area contributed by atoms with E-state index in [0.29, 0.717) is 38.6 Å². The minimum atomic E-state index is -3.33. The van der Waals surface area contributed by atoms with Crippen molar-refractivity contribution >= 4 is 21.7 Å². The molecule has 0 unspecified atom stereocenters. The molecule has 0 radical (unpaired) electrons. The van der Waals surface area contributed by atoms with Crippen LogP contribution in [0.2, 0.25) is 0 Å². The third-order valence-electron chi connectivity index (χ3n) is 7.87. The van der Waals surface area contributed by atoms with Gasteiger partial charge < -0.3 is 20.3 Å². The minimum absolute atomic E-state index is 0.183. The van der Waals surface area contributed by atoms with Crippen LogP contribution in [0.25, 0.3) is 0 Å². The lowest BCUT2D eigenvalue weighted by molar-refractivity contribution is -0.00968. The van der Waals surface area contributed by atoms with E-state index in [4.69, 9.17) is 0 Å². The maximum Gasteiger partial charge on any atom is 0.214 e. The van der Waals surface area contributed by atoms with Crippen molar-refractivity contribution in [3.8, 4) is 0 Å². The van der Waals surface area contributed by atoms with Gasteiger partial charge >= 0.3 is 0 Å². The zero-order valence-corrected chi connectivity index (χ0v) is 20.6. The molecule has 8 nitrogen and oxygen atoms in total. The van der Waals surface area contributed by atoms with E-state index >= 15 is 0 Å². The largest absolute Gasteiger partial charge is 0.385 e. The fraction of sp³-hybridized carbons (Fsp3) is 0.560. The highest BCUT2D eigenvalue weighted by molar-refractivity contribution is 7.89. The molecular weight excluding hydrogens is 450 g/mol. The molecule has 3 N–H and O–H groups in total. The fourth-order valence-corrected chi connectivity index (χ4v) is 7.61. The van der Waals surface area contributed by atoms with Gasteiger partial charge in [-0.2, -0.15) is 0 Å². The smallest absolute Gasteiger partial charge is 0.214 e. The van der Waals surface area contributed by atoms with Gasteiger partial charge in [-0.3, -0.25) is 0 Å². The number of anilines is 1. The summed E-state index contributed by atoms with van der Waals surface area (Å²) in [4.78, 5) is 10.2. The number of sulfonamides is 1. The number of H-pyrrole nitrogens is 1. The molecule has 3 heterocycles. The first kappa shape index (κ1) is 23.4. The summed E-state index contributed by atoms with van der Waals surface area (Å²) in [6.07, 6.45) is 6.55. The number of benzene rings is 1. The van der Waals surface area contributed by atoms with Crippen LogP contribution in [0.1, 0.15) is 49.7 Å². The molecule has 2 fully saturated rings. The molecule has 9 heteroatoms. The van der Waals surface area contributed by atoms with Crippen LogP contribution in [0.4, 0.5) is 5.82 Å². The van der Waals surface area contributed by atoms with Gasteiger partial charge in [0.25, 0.3) is 0 Å². The summed E-state index contributed by atoms with van der Waals surface area (Å²) in [5.74, 6) is 2.41. The van der Waals surface area contributed by atoms with Crippen molar-refractivity contribution in [1.82, 2.24) is 14.2 Å². The zero-order chi connectivity index (χ0) is 23.8. The highest BCUT2D eigenvalue weighted by atomic mass is 32.2. The third-order valence-corrected chi connectivity index (χ3v) is 9.92. The highest BCUT2D eigenvalue weighted by Crippen LogP contribution is 2.35. The number of nitrogens with zero attached hydrogens (tertiary/aromatic N) is 3. The lowest BCUT2D eigenvalue weighted by Gasteiger charge is -2.39. The molecule has 0 amide bonds. The summed E-state index contributed by atoms with van der Waals surface area (Å²) in [7, 11) is -1.23. The number of hydrogen-bond donors (Lipinski definition) is 3. The molecule has 1 saturated carbocycles. The number of nitrogens with one attached hydrogen (secondary N) is 2. The summed E-state index contributed by atoms with van der Waals surface area (Å²) >= 11 is 0. The van der Waals surface area contributed by atoms with Crippen molar-refractivity contribution in [2.75, 3.05) is 37.9 Å². The molecule has 0 bridgehead atoms. The van der Waals surface area contributed by atoms with Gasteiger partial charge in [0.1, 0.15) is 18.3 Å². The average Bonchev–Trinajstić information content (AvgIpc) is 3.34. The Morgan fingerprint density at radius 3 is 2.53 bits per heavy atom. The quantitative estimate of drug-likeness (QED) is 0.605. The number of rotatable bonds is 5. The van der Waals surface area contributed by atoms with Crippen molar-refractivity contribution in [2.45, 2.75) is 50.2 Å². The SMILES string of the molecule is CN(C1=NCNc2[nH]ccc21)C1CCC(CS(=O)(=O)N2CCC(O)(c3ccccc3)CC2)CC1. The Kier molecular flexibility index (Phi) is 6.43. The average molecular weight is 486 g/mol. The molecule has 3 aliphatic rings. The van der Waals surface area contributed by atoms with Gasteiger partial charge in [0, 0.05) is 32.4 Å². The molecular formula is C25H35N5O3S. The number of fused-ring (bicyclic) bond motifs is 1.